The van der Waals surface area contributed by atoms with E-state index in [0.29, 0.717) is 6.54 Å². The maximum Gasteiger partial charge on any atom is 0.224 e. The van der Waals surface area contributed by atoms with Gasteiger partial charge >= 0.3 is 0 Å². The van der Waals surface area contributed by atoms with E-state index in [1.807, 2.05) is 0 Å². The molecule has 1 fully saturated rings. The summed E-state index contributed by atoms with van der Waals surface area (Å²) in [5, 5.41) is 14.3. The van der Waals surface area contributed by atoms with Gasteiger partial charge in [-0.3, -0.25) is 4.79 Å². The van der Waals surface area contributed by atoms with Crippen LogP contribution < -0.4 is 11.1 Å². The quantitative estimate of drug-likeness (QED) is 0.299. The Hall–Kier alpha value is -1.26. The van der Waals surface area contributed by atoms with Crippen LogP contribution in [0.3, 0.4) is 0 Å². The fraction of sp³-hybridized carbons (Fsp3) is 0.833. The van der Waals surface area contributed by atoms with Crippen LogP contribution in [0.4, 0.5) is 0 Å². The van der Waals surface area contributed by atoms with Crippen molar-refractivity contribution in [3.8, 4) is 0 Å². The average Bonchev–Trinajstić information content (AvgIpc) is 2.64. The molecule has 5 nitrogen and oxygen atoms in total. The molecule has 0 bridgehead atoms. The normalized spacial score (nSPS) is 24.2. The molecule has 0 aliphatic heterocycles. The number of amidine groups is 1. The molecule has 0 aromatic heterocycles. The van der Waals surface area contributed by atoms with Gasteiger partial charge in [-0.25, -0.2) is 0 Å². The lowest BCUT2D eigenvalue weighted by atomic mass is 10.0. The summed E-state index contributed by atoms with van der Waals surface area (Å²) in [6, 6.07) is 0. The number of amides is 1. The number of carbonyl (C=O) groups is 1. The SMILES string of the molecule is CC(CNC(=O)C1C(C)(C)C1(C)C)C(N)=NO. The van der Waals surface area contributed by atoms with Gasteiger partial charge in [0, 0.05) is 18.4 Å². The van der Waals surface area contributed by atoms with Crippen LogP contribution >= 0.6 is 0 Å². The third-order valence-corrected chi connectivity index (χ3v) is 4.49. The number of hydrogen-bond donors (Lipinski definition) is 3. The first-order valence-corrected chi connectivity index (χ1v) is 5.91. The van der Waals surface area contributed by atoms with Gasteiger partial charge in [-0.15, -0.1) is 0 Å². The fourth-order valence-electron chi connectivity index (χ4n) is 2.41. The van der Waals surface area contributed by atoms with E-state index < -0.39 is 0 Å². The van der Waals surface area contributed by atoms with Crippen molar-refractivity contribution in [2.24, 2.45) is 33.6 Å². The number of rotatable bonds is 4. The lowest BCUT2D eigenvalue weighted by Crippen LogP contribution is -2.36. The fourth-order valence-corrected chi connectivity index (χ4v) is 2.41. The zero-order chi connectivity index (χ0) is 13.4. The van der Waals surface area contributed by atoms with Crippen LogP contribution in [0.1, 0.15) is 34.6 Å². The molecule has 98 valence electrons. The van der Waals surface area contributed by atoms with Crippen LogP contribution in [0.2, 0.25) is 0 Å². The van der Waals surface area contributed by atoms with Crippen molar-refractivity contribution in [2.75, 3.05) is 6.54 Å². The summed E-state index contributed by atoms with van der Waals surface area (Å²) in [5.41, 5.74) is 5.53. The van der Waals surface area contributed by atoms with Crippen molar-refractivity contribution in [3.63, 3.8) is 0 Å². The molecule has 5 heteroatoms. The number of carbonyl (C=O) groups excluding carboxylic acids is 1. The van der Waals surface area contributed by atoms with Crippen LogP contribution in [0.25, 0.3) is 0 Å². The second-order valence-corrected chi connectivity index (χ2v) is 6.05. The minimum absolute atomic E-state index is 0.0366. The first-order valence-electron chi connectivity index (χ1n) is 5.91. The highest BCUT2D eigenvalue weighted by atomic mass is 16.4. The molecular formula is C12H23N3O2. The largest absolute Gasteiger partial charge is 0.409 e. The van der Waals surface area contributed by atoms with Crippen LogP contribution in [0.5, 0.6) is 0 Å². The van der Waals surface area contributed by atoms with E-state index >= 15 is 0 Å². The number of nitrogens with zero attached hydrogens (tertiary/aromatic N) is 1. The van der Waals surface area contributed by atoms with Gasteiger partial charge in [-0.1, -0.05) is 39.8 Å². The highest BCUT2D eigenvalue weighted by Gasteiger charge is 2.68. The average molecular weight is 241 g/mol. The van der Waals surface area contributed by atoms with Crippen LogP contribution in [-0.2, 0) is 4.79 Å². The molecule has 1 saturated carbocycles. The Morgan fingerprint density at radius 3 is 2.24 bits per heavy atom. The second kappa shape index (κ2) is 4.20. The predicted molar refractivity (Wildman–Crippen MR) is 66.6 cm³/mol. The van der Waals surface area contributed by atoms with Crippen molar-refractivity contribution in [1.82, 2.24) is 5.32 Å². The molecule has 17 heavy (non-hydrogen) atoms. The lowest BCUT2D eigenvalue weighted by molar-refractivity contribution is -0.123. The van der Waals surface area contributed by atoms with Crippen LogP contribution in [-0.4, -0.2) is 23.5 Å². The summed E-state index contributed by atoms with van der Waals surface area (Å²) in [6.45, 7) is 10.6. The maximum atomic E-state index is 12.0. The molecule has 0 saturated heterocycles. The zero-order valence-corrected chi connectivity index (χ0v) is 11.2. The van der Waals surface area contributed by atoms with Gasteiger partial charge < -0.3 is 16.3 Å². The first-order chi connectivity index (χ1) is 7.66. The molecule has 1 rings (SSSR count). The standard InChI is InChI=1S/C12H23N3O2/c1-7(9(13)15-17)6-14-10(16)8-11(2,3)12(8,4)5/h7-8,17H,6H2,1-5H3,(H2,13,15)(H,14,16). The minimum atomic E-state index is -0.158. The Balaban J connectivity index is 2.49. The minimum Gasteiger partial charge on any atom is -0.409 e. The molecule has 0 spiro atoms. The highest BCUT2D eigenvalue weighted by Crippen LogP contribution is 2.68. The van der Waals surface area contributed by atoms with Crippen molar-refractivity contribution in [2.45, 2.75) is 34.6 Å². The number of hydrogen-bond acceptors (Lipinski definition) is 3. The molecule has 0 aromatic carbocycles. The summed E-state index contributed by atoms with van der Waals surface area (Å²) >= 11 is 0. The van der Waals surface area contributed by atoms with Gasteiger partial charge in [0.25, 0.3) is 0 Å². The summed E-state index contributed by atoms with van der Waals surface area (Å²) < 4.78 is 0. The highest BCUT2D eigenvalue weighted by molar-refractivity contribution is 5.86. The Kier molecular flexibility index (Phi) is 3.41. The Labute approximate surface area is 102 Å². The van der Waals surface area contributed by atoms with Gasteiger partial charge in [0.05, 0.1) is 0 Å². The topological polar surface area (TPSA) is 87.7 Å². The van der Waals surface area contributed by atoms with Crippen molar-refractivity contribution >= 4 is 11.7 Å². The smallest absolute Gasteiger partial charge is 0.224 e. The van der Waals surface area contributed by atoms with Crippen molar-refractivity contribution < 1.29 is 10.0 Å². The van der Waals surface area contributed by atoms with Gasteiger partial charge in [0.15, 0.2) is 0 Å². The molecule has 0 radical (unpaired) electrons. The van der Waals surface area contributed by atoms with Crippen LogP contribution in [0, 0.1) is 22.7 Å². The van der Waals surface area contributed by atoms with E-state index in [-0.39, 0.29) is 34.4 Å². The summed E-state index contributed by atoms with van der Waals surface area (Å²) in [5.74, 6) is 0.0700. The van der Waals surface area contributed by atoms with Crippen molar-refractivity contribution in [1.29, 1.82) is 0 Å². The van der Waals surface area contributed by atoms with E-state index in [9.17, 15) is 4.79 Å². The molecular weight excluding hydrogens is 218 g/mol. The third-order valence-electron chi connectivity index (χ3n) is 4.49. The zero-order valence-electron chi connectivity index (χ0n) is 11.2. The molecule has 1 atom stereocenters. The monoisotopic (exact) mass is 241 g/mol. The van der Waals surface area contributed by atoms with Gasteiger partial charge in [-0.05, 0) is 10.8 Å². The number of oxime groups is 1. The van der Waals surface area contributed by atoms with E-state index in [1.165, 1.54) is 0 Å². The summed E-state index contributed by atoms with van der Waals surface area (Å²) in [4.78, 5) is 12.0. The summed E-state index contributed by atoms with van der Waals surface area (Å²) in [6.07, 6.45) is 0. The first kappa shape index (κ1) is 13.8. The molecule has 1 aliphatic carbocycles. The predicted octanol–water partition coefficient (Wildman–Crippen LogP) is 1.17. The maximum absolute atomic E-state index is 12.0. The molecule has 1 unspecified atom stereocenters. The molecule has 0 heterocycles. The Bertz CT molecular complexity index is 334. The van der Waals surface area contributed by atoms with Crippen molar-refractivity contribution in [3.05, 3.63) is 0 Å². The lowest BCUT2D eigenvalue weighted by Gasteiger charge is -2.11. The number of nitrogens with one attached hydrogen (secondary N) is 1. The molecule has 4 N–H and O–H groups in total. The third kappa shape index (κ3) is 2.23. The van der Waals surface area contributed by atoms with E-state index in [4.69, 9.17) is 10.9 Å². The van der Waals surface area contributed by atoms with E-state index in [0.717, 1.165) is 0 Å². The number of nitrogens with two attached hydrogens (primary N) is 1. The second-order valence-electron chi connectivity index (χ2n) is 6.05. The van der Waals surface area contributed by atoms with Gasteiger partial charge in [-0.2, -0.15) is 0 Å². The molecule has 0 aromatic rings. The Morgan fingerprint density at radius 2 is 1.88 bits per heavy atom. The van der Waals surface area contributed by atoms with Crippen LogP contribution in [0.15, 0.2) is 5.16 Å². The van der Waals surface area contributed by atoms with E-state index in [1.54, 1.807) is 6.92 Å². The van der Waals surface area contributed by atoms with Gasteiger partial charge in [0.2, 0.25) is 5.91 Å². The van der Waals surface area contributed by atoms with E-state index in [2.05, 4.69) is 38.2 Å². The molecule has 1 amide bonds. The van der Waals surface area contributed by atoms with Gasteiger partial charge in [0.1, 0.15) is 5.84 Å². The Morgan fingerprint density at radius 1 is 1.41 bits per heavy atom. The summed E-state index contributed by atoms with van der Waals surface area (Å²) in [7, 11) is 0. The molecule has 1 aliphatic rings.